The molecule has 0 aliphatic rings. The van der Waals surface area contributed by atoms with Crippen molar-refractivity contribution in [3.05, 3.63) is 48.0 Å². The third-order valence-corrected chi connectivity index (χ3v) is 5.20. The number of nitrogens with zero attached hydrogens (tertiary/aromatic N) is 1. The predicted octanol–water partition coefficient (Wildman–Crippen LogP) is 3.42. The molecule has 0 unspecified atom stereocenters. The van der Waals surface area contributed by atoms with Crippen LogP contribution in [0.3, 0.4) is 0 Å². The van der Waals surface area contributed by atoms with Gasteiger partial charge in [0.2, 0.25) is 5.91 Å². The summed E-state index contributed by atoms with van der Waals surface area (Å²) in [6.07, 6.45) is 1.85. The Balaban J connectivity index is 2.16. The van der Waals surface area contributed by atoms with Crippen molar-refractivity contribution in [1.82, 2.24) is 10.2 Å². The molecule has 0 fully saturated rings. The molecule has 2 amide bonds. The van der Waals surface area contributed by atoms with Crippen molar-refractivity contribution in [1.29, 1.82) is 0 Å². The van der Waals surface area contributed by atoms with E-state index >= 15 is 0 Å². The van der Waals surface area contributed by atoms with Crippen LogP contribution < -0.4 is 24.3 Å². The molecular formula is C25H34N2O6. The summed E-state index contributed by atoms with van der Waals surface area (Å²) in [5, 5.41) is 2.90. The highest BCUT2D eigenvalue weighted by molar-refractivity contribution is 5.88. The lowest BCUT2D eigenvalue weighted by Gasteiger charge is -2.29. The van der Waals surface area contributed by atoms with E-state index in [0.29, 0.717) is 23.8 Å². The number of benzene rings is 2. The largest absolute Gasteiger partial charge is 0.497 e. The Labute approximate surface area is 195 Å². The van der Waals surface area contributed by atoms with Gasteiger partial charge in [-0.25, -0.2) is 0 Å². The van der Waals surface area contributed by atoms with Crippen molar-refractivity contribution in [3.63, 3.8) is 0 Å². The Morgan fingerprint density at radius 3 is 2.03 bits per heavy atom. The minimum atomic E-state index is -0.667. The maximum atomic E-state index is 13.2. The maximum absolute atomic E-state index is 13.2. The molecule has 0 saturated carbocycles. The molecule has 0 aromatic heterocycles. The van der Waals surface area contributed by atoms with E-state index in [1.54, 1.807) is 46.5 Å². The lowest BCUT2D eigenvalue weighted by molar-refractivity contribution is -0.142. The molecule has 2 aromatic rings. The van der Waals surface area contributed by atoms with Gasteiger partial charge in [0.25, 0.3) is 5.91 Å². The molecule has 180 valence electrons. The summed E-state index contributed by atoms with van der Waals surface area (Å²) in [5.74, 6) is 1.74. The summed E-state index contributed by atoms with van der Waals surface area (Å²) in [6.45, 7) is 4.37. The van der Waals surface area contributed by atoms with Gasteiger partial charge in [0, 0.05) is 31.3 Å². The number of carbonyl (C=O) groups is 2. The molecule has 8 heteroatoms. The van der Waals surface area contributed by atoms with Gasteiger partial charge in [0.1, 0.15) is 29.0 Å². The van der Waals surface area contributed by atoms with Gasteiger partial charge in [-0.2, -0.15) is 0 Å². The van der Waals surface area contributed by atoms with E-state index in [2.05, 4.69) is 12.2 Å². The molecular weight excluding hydrogens is 424 g/mol. The van der Waals surface area contributed by atoms with E-state index in [0.717, 1.165) is 24.2 Å². The van der Waals surface area contributed by atoms with Crippen molar-refractivity contribution >= 4 is 11.8 Å². The zero-order valence-electron chi connectivity index (χ0n) is 20.1. The zero-order chi connectivity index (χ0) is 24.2. The van der Waals surface area contributed by atoms with Crippen molar-refractivity contribution < 1.29 is 28.5 Å². The molecule has 0 heterocycles. The lowest BCUT2D eigenvalue weighted by atomic mass is 10.1. The summed E-state index contributed by atoms with van der Waals surface area (Å²) >= 11 is 0. The Hall–Kier alpha value is -3.42. The van der Waals surface area contributed by atoms with E-state index in [-0.39, 0.29) is 25.0 Å². The van der Waals surface area contributed by atoms with E-state index in [1.807, 2.05) is 24.3 Å². The summed E-state index contributed by atoms with van der Waals surface area (Å²) in [5.41, 5.74) is 0.875. The molecule has 0 saturated heterocycles. The van der Waals surface area contributed by atoms with Gasteiger partial charge < -0.3 is 29.2 Å². The fraction of sp³-hybridized carbons (Fsp3) is 0.440. The van der Waals surface area contributed by atoms with Crippen LogP contribution in [-0.2, 0) is 16.1 Å². The Morgan fingerprint density at radius 1 is 0.909 bits per heavy atom. The van der Waals surface area contributed by atoms with E-state index in [4.69, 9.17) is 18.9 Å². The lowest BCUT2D eigenvalue weighted by Crippen LogP contribution is -2.49. The first-order valence-corrected chi connectivity index (χ1v) is 11.0. The summed E-state index contributed by atoms with van der Waals surface area (Å²) in [4.78, 5) is 27.4. The van der Waals surface area contributed by atoms with Gasteiger partial charge in [-0.1, -0.05) is 25.5 Å². The monoisotopic (exact) mass is 458 g/mol. The first-order valence-electron chi connectivity index (χ1n) is 11.0. The van der Waals surface area contributed by atoms with Crippen molar-refractivity contribution in [2.45, 2.75) is 39.3 Å². The first kappa shape index (κ1) is 25.8. The minimum Gasteiger partial charge on any atom is -0.497 e. The highest BCUT2D eigenvalue weighted by atomic mass is 16.5. The SMILES string of the molecule is CCCCNC(=O)[C@H](C)N(Cc1ccc(OC)cc1)C(=O)COc1cc(OC)cc(OC)c1. The number of ether oxygens (including phenoxy) is 4. The second kappa shape index (κ2) is 13.2. The topological polar surface area (TPSA) is 86.3 Å². The van der Waals surface area contributed by atoms with Crippen LogP contribution in [0.2, 0.25) is 0 Å². The van der Waals surface area contributed by atoms with Gasteiger partial charge in [0.05, 0.1) is 21.3 Å². The Kier molecular flexibility index (Phi) is 10.3. The van der Waals surface area contributed by atoms with Gasteiger partial charge in [-0.15, -0.1) is 0 Å². The van der Waals surface area contributed by atoms with Crippen molar-refractivity contribution in [2.24, 2.45) is 0 Å². The highest BCUT2D eigenvalue weighted by Crippen LogP contribution is 2.27. The number of amides is 2. The standard InChI is InChI=1S/C25H34N2O6/c1-6-7-12-26-25(29)18(2)27(16-19-8-10-20(30-3)11-9-19)24(28)17-33-23-14-21(31-4)13-22(15-23)32-5/h8-11,13-15,18H,6-7,12,16-17H2,1-5H3,(H,26,29)/t18-/m0/s1. The van der Waals surface area contributed by atoms with Crippen LogP contribution in [0.5, 0.6) is 23.0 Å². The molecule has 0 spiro atoms. The Bertz CT molecular complexity index is 878. The van der Waals surface area contributed by atoms with Crippen LogP contribution in [-0.4, -0.2) is 57.2 Å². The maximum Gasteiger partial charge on any atom is 0.261 e. The van der Waals surface area contributed by atoms with Gasteiger partial charge in [-0.05, 0) is 31.0 Å². The Morgan fingerprint density at radius 2 is 1.48 bits per heavy atom. The van der Waals surface area contributed by atoms with Gasteiger partial charge >= 0.3 is 0 Å². The minimum absolute atomic E-state index is 0.201. The highest BCUT2D eigenvalue weighted by Gasteiger charge is 2.26. The second-order valence-corrected chi connectivity index (χ2v) is 7.53. The number of carbonyl (C=O) groups excluding carboxylic acids is 2. The molecule has 2 aromatic carbocycles. The fourth-order valence-electron chi connectivity index (χ4n) is 3.14. The predicted molar refractivity (Wildman–Crippen MR) is 126 cm³/mol. The van der Waals surface area contributed by atoms with Gasteiger partial charge in [0.15, 0.2) is 6.61 Å². The first-order chi connectivity index (χ1) is 15.9. The van der Waals surface area contributed by atoms with Crippen LogP contribution in [0.1, 0.15) is 32.3 Å². The van der Waals surface area contributed by atoms with Crippen LogP contribution in [0.4, 0.5) is 0 Å². The van der Waals surface area contributed by atoms with E-state index < -0.39 is 6.04 Å². The summed E-state index contributed by atoms with van der Waals surface area (Å²) in [6, 6.07) is 11.8. The van der Waals surface area contributed by atoms with Crippen LogP contribution in [0.15, 0.2) is 42.5 Å². The average molecular weight is 459 g/mol. The number of nitrogens with one attached hydrogen (secondary N) is 1. The number of hydrogen-bond donors (Lipinski definition) is 1. The van der Waals surface area contributed by atoms with Crippen LogP contribution >= 0.6 is 0 Å². The normalized spacial score (nSPS) is 11.3. The zero-order valence-corrected chi connectivity index (χ0v) is 20.1. The summed E-state index contributed by atoms with van der Waals surface area (Å²) < 4.78 is 21.4. The molecule has 0 aliphatic carbocycles. The molecule has 0 radical (unpaired) electrons. The number of rotatable bonds is 13. The smallest absolute Gasteiger partial charge is 0.261 e. The summed E-state index contributed by atoms with van der Waals surface area (Å²) in [7, 11) is 4.68. The van der Waals surface area contributed by atoms with Crippen LogP contribution in [0, 0.1) is 0 Å². The molecule has 2 rings (SSSR count). The number of methoxy groups -OCH3 is 3. The second-order valence-electron chi connectivity index (χ2n) is 7.53. The van der Waals surface area contributed by atoms with Gasteiger partial charge in [-0.3, -0.25) is 9.59 Å². The molecule has 0 bridgehead atoms. The molecule has 0 aliphatic heterocycles. The average Bonchev–Trinajstić information content (AvgIpc) is 2.85. The molecule has 33 heavy (non-hydrogen) atoms. The number of unbranched alkanes of at least 4 members (excludes halogenated alkanes) is 1. The molecule has 8 nitrogen and oxygen atoms in total. The fourth-order valence-corrected chi connectivity index (χ4v) is 3.14. The number of hydrogen-bond acceptors (Lipinski definition) is 6. The van der Waals surface area contributed by atoms with E-state index in [9.17, 15) is 9.59 Å². The van der Waals surface area contributed by atoms with E-state index in [1.165, 1.54) is 4.90 Å². The molecule has 1 atom stereocenters. The van der Waals surface area contributed by atoms with Crippen molar-refractivity contribution in [2.75, 3.05) is 34.5 Å². The third-order valence-electron chi connectivity index (χ3n) is 5.20. The third kappa shape index (κ3) is 7.89. The van der Waals surface area contributed by atoms with Crippen LogP contribution in [0.25, 0.3) is 0 Å². The van der Waals surface area contributed by atoms with Crippen molar-refractivity contribution in [3.8, 4) is 23.0 Å². The molecule has 1 N–H and O–H groups in total. The quantitative estimate of drug-likeness (QED) is 0.463.